The van der Waals surface area contributed by atoms with Gasteiger partial charge in [0.2, 0.25) is 0 Å². The number of hydrogen-bond donors (Lipinski definition) is 1. The fourth-order valence-corrected chi connectivity index (χ4v) is 3.08. The van der Waals surface area contributed by atoms with Crippen molar-refractivity contribution >= 4 is 0 Å². The van der Waals surface area contributed by atoms with Gasteiger partial charge in [-0.05, 0) is 50.8 Å². The Hall–Kier alpha value is -1.06. The van der Waals surface area contributed by atoms with E-state index < -0.39 is 0 Å². The van der Waals surface area contributed by atoms with E-state index in [1.165, 1.54) is 32.4 Å². The van der Waals surface area contributed by atoms with Crippen LogP contribution >= 0.6 is 0 Å². The highest BCUT2D eigenvalue weighted by molar-refractivity contribution is 5.20. The zero-order chi connectivity index (χ0) is 13.8. The number of para-hydroxylation sites is 1. The second-order valence-corrected chi connectivity index (χ2v) is 6.19. The van der Waals surface area contributed by atoms with Crippen molar-refractivity contribution in [3.05, 3.63) is 30.3 Å². The smallest absolute Gasteiger partial charge is 0.119 e. The van der Waals surface area contributed by atoms with Crippen molar-refractivity contribution < 1.29 is 4.74 Å². The van der Waals surface area contributed by atoms with E-state index in [-0.39, 0.29) is 0 Å². The van der Waals surface area contributed by atoms with Crippen molar-refractivity contribution in [3.63, 3.8) is 0 Å². The second-order valence-electron chi connectivity index (χ2n) is 6.19. The Kier molecular flexibility index (Phi) is 4.58. The van der Waals surface area contributed by atoms with Gasteiger partial charge in [0.1, 0.15) is 12.4 Å². The van der Waals surface area contributed by atoms with E-state index in [1.807, 2.05) is 30.3 Å². The van der Waals surface area contributed by atoms with Gasteiger partial charge in [-0.25, -0.2) is 0 Å². The van der Waals surface area contributed by atoms with Crippen LogP contribution in [-0.4, -0.2) is 43.2 Å². The van der Waals surface area contributed by atoms with Crippen LogP contribution in [0.15, 0.2) is 30.3 Å². The van der Waals surface area contributed by atoms with E-state index in [2.05, 4.69) is 17.1 Å². The zero-order valence-corrected chi connectivity index (χ0v) is 12.4. The van der Waals surface area contributed by atoms with Crippen LogP contribution in [0.3, 0.4) is 0 Å². The van der Waals surface area contributed by atoms with Gasteiger partial charge in [0, 0.05) is 25.2 Å². The largest absolute Gasteiger partial charge is 0.492 e. The van der Waals surface area contributed by atoms with Gasteiger partial charge in [0.15, 0.2) is 0 Å². The highest BCUT2D eigenvalue weighted by Gasteiger charge is 2.34. The quantitative estimate of drug-likeness (QED) is 0.893. The molecule has 110 valence electrons. The lowest BCUT2D eigenvalue weighted by molar-refractivity contribution is 0.161. The first kappa shape index (κ1) is 13.9. The molecule has 0 amide bonds. The van der Waals surface area contributed by atoms with Gasteiger partial charge in [0.25, 0.3) is 0 Å². The van der Waals surface area contributed by atoms with Gasteiger partial charge >= 0.3 is 0 Å². The highest BCUT2D eigenvalue weighted by atomic mass is 16.5. The molecule has 1 aromatic carbocycles. The van der Waals surface area contributed by atoms with Gasteiger partial charge in [-0.15, -0.1) is 0 Å². The van der Waals surface area contributed by atoms with Crippen LogP contribution in [0.1, 0.15) is 26.2 Å². The summed E-state index contributed by atoms with van der Waals surface area (Å²) in [4.78, 5) is 2.60. The van der Waals surface area contributed by atoms with Crippen molar-refractivity contribution in [1.29, 1.82) is 0 Å². The standard InChI is InChI=1S/C17H26N2O/c1-14-9-10-18-17(15-7-8-15)13-19(14)11-12-20-16-5-3-2-4-6-16/h2-6,14-15,17-18H,7-13H2,1H3. The number of benzene rings is 1. The average Bonchev–Trinajstić information content (AvgIpc) is 3.29. The molecule has 3 nitrogen and oxygen atoms in total. The van der Waals surface area contributed by atoms with Gasteiger partial charge in [-0.2, -0.15) is 0 Å². The molecule has 1 saturated carbocycles. The van der Waals surface area contributed by atoms with Crippen LogP contribution in [0.25, 0.3) is 0 Å². The molecule has 2 aliphatic rings. The van der Waals surface area contributed by atoms with Crippen LogP contribution in [0, 0.1) is 5.92 Å². The molecule has 0 radical (unpaired) electrons. The molecule has 1 N–H and O–H groups in total. The normalized spacial score (nSPS) is 28.1. The second kappa shape index (κ2) is 6.59. The molecule has 1 heterocycles. The Balaban J connectivity index is 1.49. The maximum absolute atomic E-state index is 5.85. The lowest BCUT2D eigenvalue weighted by atomic mass is 10.1. The fourth-order valence-electron chi connectivity index (χ4n) is 3.08. The summed E-state index contributed by atoms with van der Waals surface area (Å²) in [7, 11) is 0. The predicted molar refractivity (Wildman–Crippen MR) is 82.1 cm³/mol. The summed E-state index contributed by atoms with van der Waals surface area (Å²) < 4.78 is 5.85. The Morgan fingerprint density at radius 2 is 2.00 bits per heavy atom. The van der Waals surface area contributed by atoms with Crippen molar-refractivity contribution in [3.8, 4) is 5.75 Å². The third kappa shape index (κ3) is 3.74. The summed E-state index contributed by atoms with van der Waals surface area (Å²) in [6.45, 7) is 6.51. The minimum absolute atomic E-state index is 0.658. The summed E-state index contributed by atoms with van der Waals surface area (Å²) in [5.41, 5.74) is 0. The van der Waals surface area contributed by atoms with Gasteiger partial charge < -0.3 is 10.1 Å². The van der Waals surface area contributed by atoms with Crippen LogP contribution in [0.2, 0.25) is 0 Å². The molecule has 2 atom stereocenters. The fraction of sp³-hybridized carbons (Fsp3) is 0.647. The SMILES string of the molecule is CC1CCNC(C2CC2)CN1CCOc1ccccc1. The van der Waals surface area contributed by atoms with Gasteiger partial charge in [0.05, 0.1) is 0 Å². The molecule has 0 spiro atoms. The lowest BCUT2D eigenvalue weighted by Gasteiger charge is -2.29. The van der Waals surface area contributed by atoms with Crippen LogP contribution in [0.5, 0.6) is 5.75 Å². The minimum atomic E-state index is 0.658. The lowest BCUT2D eigenvalue weighted by Crippen LogP contribution is -2.43. The van der Waals surface area contributed by atoms with E-state index in [0.29, 0.717) is 12.1 Å². The van der Waals surface area contributed by atoms with Crippen LogP contribution < -0.4 is 10.1 Å². The van der Waals surface area contributed by atoms with Crippen LogP contribution in [0.4, 0.5) is 0 Å². The molecule has 0 bridgehead atoms. The molecule has 3 rings (SSSR count). The molecule has 2 fully saturated rings. The third-order valence-electron chi connectivity index (χ3n) is 4.60. The van der Waals surface area contributed by atoms with Crippen molar-refractivity contribution in [2.45, 2.75) is 38.3 Å². The van der Waals surface area contributed by atoms with Crippen molar-refractivity contribution in [2.75, 3.05) is 26.2 Å². The number of ether oxygens (including phenoxy) is 1. The first-order chi connectivity index (χ1) is 9.83. The van der Waals surface area contributed by atoms with E-state index in [1.54, 1.807) is 0 Å². The van der Waals surface area contributed by atoms with E-state index in [0.717, 1.165) is 24.8 Å². The topological polar surface area (TPSA) is 24.5 Å². The van der Waals surface area contributed by atoms with Gasteiger partial charge in [-0.3, -0.25) is 4.90 Å². The Labute approximate surface area is 122 Å². The monoisotopic (exact) mass is 274 g/mol. The number of nitrogens with one attached hydrogen (secondary N) is 1. The average molecular weight is 274 g/mol. The van der Waals surface area contributed by atoms with E-state index in [4.69, 9.17) is 4.74 Å². The zero-order valence-electron chi connectivity index (χ0n) is 12.4. The molecule has 1 aromatic rings. The summed E-state index contributed by atoms with van der Waals surface area (Å²) in [6, 6.07) is 11.5. The van der Waals surface area contributed by atoms with Gasteiger partial charge in [-0.1, -0.05) is 18.2 Å². The number of nitrogens with zero attached hydrogens (tertiary/aromatic N) is 1. The molecular formula is C17H26N2O. The summed E-state index contributed by atoms with van der Waals surface area (Å²) in [5, 5.41) is 3.73. The summed E-state index contributed by atoms with van der Waals surface area (Å²) in [6.07, 6.45) is 4.08. The van der Waals surface area contributed by atoms with E-state index >= 15 is 0 Å². The molecule has 2 unspecified atom stereocenters. The Morgan fingerprint density at radius 1 is 1.20 bits per heavy atom. The Morgan fingerprint density at radius 3 is 2.75 bits per heavy atom. The summed E-state index contributed by atoms with van der Waals surface area (Å²) in [5.74, 6) is 1.91. The number of rotatable bonds is 5. The molecular weight excluding hydrogens is 248 g/mol. The first-order valence-electron chi connectivity index (χ1n) is 7.98. The first-order valence-corrected chi connectivity index (χ1v) is 7.98. The molecule has 3 heteroatoms. The molecule has 0 aromatic heterocycles. The molecule has 20 heavy (non-hydrogen) atoms. The maximum atomic E-state index is 5.85. The highest BCUT2D eigenvalue weighted by Crippen LogP contribution is 2.33. The third-order valence-corrected chi connectivity index (χ3v) is 4.60. The molecule has 1 aliphatic heterocycles. The molecule has 1 aliphatic carbocycles. The van der Waals surface area contributed by atoms with E-state index in [9.17, 15) is 0 Å². The Bertz CT molecular complexity index is 405. The van der Waals surface area contributed by atoms with Crippen molar-refractivity contribution in [2.24, 2.45) is 5.92 Å². The van der Waals surface area contributed by atoms with Crippen molar-refractivity contribution in [1.82, 2.24) is 10.2 Å². The minimum Gasteiger partial charge on any atom is -0.492 e. The maximum Gasteiger partial charge on any atom is 0.119 e. The molecule has 1 saturated heterocycles. The van der Waals surface area contributed by atoms with Crippen LogP contribution in [-0.2, 0) is 0 Å². The predicted octanol–water partition coefficient (Wildman–Crippen LogP) is 2.53. The summed E-state index contributed by atoms with van der Waals surface area (Å²) >= 11 is 0. The number of hydrogen-bond acceptors (Lipinski definition) is 3.